The Labute approximate surface area is 215 Å². The van der Waals surface area contributed by atoms with E-state index < -0.39 is 0 Å². The highest BCUT2D eigenvalue weighted by Crippen LogP contribution is 2.50. The van der Waals surface area contributed by atoms with Crippen LogP contribution in [-0.2, 0) is 4.79 Å². The number of thioether (sulfide) groups is 2. The van der Waals surface area contributed by atoms with Gasteiger partial charge in [0.2, 0.25) is 0 Å². The first kappa shape index (κ1) is 23.8. The van der Waals surface area contributed by atoms with Gasteiger partial charge >= 0.3 is 0 Å². The summed E-state index contributed by atoms with van der Waals surface area (Å²) in [7, 11) is 2.02. The average molecular weight is 504 g/mol. The molecule has 8 heteroatoms. The zero-order valence-electron chi connectivity index (χ0n) is 20.1. The topological polar surface area (TPSA) is 71.7 Å². The summed E-state index contributed by atoms with van der Waals surface area (Å²) in [5.74, 6) is 0.524. The number of benzene rings is 2. The third-order valence-corrected chi connectivity index (χ3v) is 9.10. The number of anilines is 2. The summed E-state index contributed by atoms with van der Waals surface area (Å²) in [4.78, 5) is 24.7. The van der Waals surface area contributed by atoms with Crippen LogP contribution < -0.4 is 10.2 Å². The number of amidine groups is 1. The molecule has 2 aliphatic heterocycles. The number of amides is 1. The minimum Gasteiger partial charge on any atom is -0.384 e. The summed E-state index contributed by atoms with van der Waals surface area (Å²) in [6.07, 6.45) is 6.04. The van der Waals surface area contributed by atoms with Crippen LogP contribution >= 0.6 is 23.5 Å². The van der Waals surface area contributed by atoms with E-state index >= 15 is 0 Å². The van der Waals surface area contributed by atoms with Gasteiger partial charge in [-0.05, 0) is 67.8 Å². The Kier molecular flexibility index (Phi) is 7.07. The van der Waals surface area contributed by atoms with E-state index in [9.17, 15) is 10.1 Å². The summed E-state index contributed by atoms with van der Waals surface area (Å²) in [5.41, 5.74) is 3.23. The molecule has 0 atom stereocenters. The van der Waals surface area contributed by atoms with E-state index in [1.54, 1.807) is 23.9 Å². The monoisotopic (exact) mass is 503 g/mol. The summed E-state index contributed by atoms with van der Waals surface area (Å²) < 4.78 is 0. The first-order chi connectivity index (χ1) is 17.1. The molecule has 0 radical (unpaired) electrons. The van der Waals surface area contributed by atoms with E-state index in [4.69, 9.17) is 4.99 Å². The van der Waals surface area contributed by atoms with Crippen molar-refractivity contribution in [3.8, 4) is 6.07 Å². The van der Waals surface area contributed by atoms with Gasteiger partial charge in [0.1, 0.15) is 4.91 Å². The maximum atomic E-state index is 13.9. The van der Waals surface area contributed by atoms with E-state index in [1.807, 2.05) is 37.1 Å². The lowest BCUT2D eigenvalue weighted by Gasteiger charge is -2.26. The number of rotatable bonds is 5. The lowest BCUT2D eigenvalue weighted by atomic mass is 9.89. The molecule has 2 heterocycles. The van der Waals surface area contributed by atoms with Crippen molar-refractivity contribution in [2.45, 2.75) is 43.9 Å². The summed E-state index contributed by atoms with van der Waals surface area (Å²) in [5, 5.41) is 14.4. The Bertz CT molecular complexity index is 1240. The Morgan fingerprint density at radius 1 is 1.14 bits per heavy atom. The molecule has 0 bridgehead atoms. The van der Waals surface area contributed by atoms with E-state index in [0.717, 1.165) is 45.6 Å². The third-order valence-electron chi connectivity index (χ3n) is 6.67. The highest BCUT2D eigenvalue weighted by Gasteiger charge is 2.40. The molecule has 180 valence electrons. The van der Waals surface area contributed by atoms with Crippen LogP contribution in [0.5, 0.6) is 0 Å². The van der Waals surface area contributed by atoms with Crippen molar-refractivity contribution in [2.24, 2.45) is 10.9 Å². The predicted octanol–water partition coefficient (Wildman–Crippen LogP) is 6.54. The number of nitriles is 1. The molecule has 1 aliphatic carbocycles. The van der Waals surface area contributed by atoms with Crippen molar-refractivity contribution in [1.82, 2.24) is 4.90 Å². The molecule has 1 amide bonds. The van der Waals surface area contributed by atoms with Crippen LogP contribution in [0.1, 0.15) is 44.6 Å². The standard InChI is InChI=1S/C27H29N5OS2/c1-3-29-20-14-13-19(16-28)15-21(20)30-27-32(17-18-9-5-4-6-10-18)25(33)24(35-27)26-31(2)22-11-7-8-12-23(22)34-26/h7-8,11-15,18,29H,3-6,9-10,17H2,1-2H3/b26-24-,30-27-. The molecule has 5 rings (SSSR count). The number of nitrogens with zero attached hydrogens (tertiary/aromatic N) is 4. The normalized spacial score (nSPS) is 21.5. The molecule has 1 N–H and O–H groups in total. The minimum absolute atomic E-state index is 0.0305. The molecule has 6 nitrogen and oxygen atoms in total. The highest BCUT2D eigenvalue weighted by atomic mass is 32.2. The Morgan fingerprint density at radius 2 is 1.94 bits per heavy atom. The van der Waals surface area contributed by atoms with E-state index in [2.05, 4.69) is 28.4 Å². The molecule has 2 aromatic carbocycles. The second kappa shape index (κ2) is 10.4. The van der Waals surface area contributed by atoms with Crippen molar-refractivity contribution in [3.63, 3.8) is 0 Å². The largest absolute Gasteiger partial charge is 0.384 e. The molecular formula is C27H29N5OS2. The first-order valence-electron chi connectivity index (χ1n) is 12.2. The van der Waals surface area contributed by atoms with Gasteiger partial charge in [0, 0.05) is 25.0 Å². The van der Waals surface area contributed by atoms with Gasteiger partial charge in [-0.3, -0.25) is 9.69 Å². The molecule has 1 saturated heterocycles. The quantitative estimate of drug-likeness (QED) is 0.467. The van der Waals surface area contributed by atoms with E-state index in [0.29, 0.717) is 28.9 Å². The van der Waals surface area contributed by atoms with Crippen LogP contribution in [0.4, 0.5) is 17.1 Å². The van der Waals surface area contributed by atoms with Crippen LogP contribution in [0.2, 0.25) is 0 Å². The van der Waals surface area contributed by atoms with Gasteiger partial charge in [-0.15, -0.1) is 0 Å². The van der Waals surface area contributed by atoms with Gasteiger partial charge in [-0.2, -0.15) is 5.26 Å². The highest BCUT2D eigenvalue weighted by molar-refractivity contribution is 8.19. The Balaban J connectivity index is 1.55. The molecule has 35 heavy (non-hydrogen) atoms. The number of hydrogen-bond acceptors (Lipinski definition) is 7. The minimum atomic E-state index is 0.0305. The maximum Gasteiger partial charge on any atom is 0.269 e. The summed E-state index contributed by atoms with van der Waals surface area (Å²) in [6.45, 7) is 3.47. The fourth-order valence-electron chi connectivity index (χ4n) is 4.84. The van der Waals surface area contributed by atoms with Gasteiger partial charge in [0.25, 0.3) is 5.91 Å². The number of carbonyl (C=O) groups excluding carboxylic acids is 1. The van der Waals surface area contributed by atoms with Gasteiger partial charge < -0.3 is 10.2 Å². The van der Waals surface area contributed by atoms with Crippen molar-refractivity contribution in [3.05, 3.63) is 58.0 Å². The second-order valence-corrected chi connectivity index (χ2v) is 11.1. The van der Waals surface area contributed by atoms with Crippen molar-refractivity contribution < 1.29 is 4.79 Å². The lowest BCUT2D eigenvalue weighted by Crippen LogP contribution is -2.35. The van der Waals surface area contributed by atoms with Crippen LogP contribution in [0, 0.1) is 17.2 Å². The fourth-order valence-corrected chi connectivity index (χ4v) is 7.19. The van der Waals surface area contributed by atoms with Crippen molar-refractivity contribution in [2.75, 3.05) is 30.4 Å². The number of carbonyl (C=O) groups is 1. The number of fused-ring (bicyclic) bond motifs is 1. The molecule has 2 aromatic rings. The Hall–Kier alpha value is -2.89. The third kappa shape index (κ3) is 4.80. The van der Waals surface area contributed by atoms with Crippen molar-refractivity contribution >= 4 is 51.7 Å². The van der Waals surface area contributed by atoms with E-state index in [-0.39, 0.29) is 5.91 Å². The molecule has 0 unspecified atom stereocenters. The number of hydrogen-bond donors (Lipinski definition) is 1. The number of aliphatic imine (C=N–C) groups is 1. The smallest absolute Gasteiger partial charge is 0.269 e. The summed E-state index contributed by atoms with van der Waals surface area (Å²) >= 11 is 3.10. The van der Waals surface area contributed by atoms with Crippen LogP contribution in [0.3, 0.4) is 0 Å². The molecule has 0 spiro atoms. The molecule has 3 aliphatic rings. The zero-order chi connectivity index (χ0) is 24.4. The van der Waals surface area contributed by atoms with Gasteiger partial charge in [-0.1, -0.05) is 43.2 Å². The van der Waals surface area contributed by atoms with Crippen molar-refractivity contribution in [1.29, 1.82) is 5.26 Å². The molecule has 2 fully saturated rings. The summed E-state index contributed by atoms with van der Waals surface area (Å²) in [6, 6.07) is 15.9. The van der Waals surface area contributed by atoms with Gasteiger partial charge in [0.05, 0.1) is 33.7 Å². The van der Waals surface area contributed by atoms with Crippen LogP contribution in [-0.4, -0.2) is 36.1 Å². The SMILES string of the molecule is CCNc1ccc(C#N)cc1/N=C1\S/C(=C2\Sc3ccccc3N2C)C(=O)N1CC1CCCCC1. The molecule has 0 aromatic heterocycles. The fraction of sp³-hybridized carbons (Fsp3) is 0.370. The van der Waals surface area contributed by atoms with Gasteiger partial charge in [0.15, 0.2) is 5.17 Å². The average Bonchev–Trinajstić information content (AvgIpc) is 3.37. The first-order valence-corrected chi connectivity index (χ1v) is 13.8. The Morgan fingerprint density at radius 3 is 2.69 bits per heavy atom. The number of para-hydroxylation sites is 1. The lowest BCUT2D eigenvalue weighted by molar-refractivity contribution is -0.122. The molecular weight excluding hydrogens is 474 g/mol. The predicted molar refractivity (Wildman–Crippen MR) is 146 cm³/mol. The van der Waals surface area contributed by atoms with Crippen LogP contribution in [0.15, 0.2) is 62.3 Å². The molecule has 1 saturated carbocycles. The zero-order valence-corrected chi connectivity index (χ0v) is 21.7. The van der Waals surface area contributed by atoms with E-state index in [1.165, 1.54) is 31.0 Å². The number of nitrogens with one attached hydrogen (secondary N) is 1. The second-order valence-electron chi connectivity index (χ2n) is 9.05. The van der Waals surface area contributed by atoms with Crippen LogP contribution in [0.25, 0.3) is 0 Å². The maximum absolute atomic E-state index is 13.9. The van der Waals surface area contributed by atoms with Gasteiger partial charge in [-0.25, -0.2) is 4.99 Å².